The van der Waals surface area contributed by atoms with Gasteiger partial charge in [0, 0.05) is 29.6 Å². The summed E-state index contributed by atoms with van der Waals surface area (Å²) in [5.74, 6) is -3.32. The van der Waals surface area contributed by atoms with E-state index in [9.17, 15) is 29.7 Å². The van der Waals surface area contributed by atoms with Crippen molar-refractivity contribution in [2.24, 2.45) is 44.8 Å². The molecule has 8 fully saturated rings. The molecule has 1 unspecified atom stereocenters. The maximum absolute atomic E-state index is 12.9. The molecule has 9 rings (SSSR count). The van der Waals surface area contributed by atoms with E-state index in [0.717, 1.165) is 32.1 Å². The molecule has 0 aromatic rings. The number of carboxylic acids is 1. The van der Waals surface area contributed by atoms with E-state index in [1.807, 2.05) is 6.92 Å². The van der Waals surface area contributed by atoms with Crippen molar-refractivity contribution >= 4 is 17.9 Å². The second-order valence-corrected chi connectivity index (χ2v) is 19.5. The molecule has 4 saturated carbocycles. The van der Waals surface area contributed by atoms with Crippen LogP contribution in [0.5, 0.6) is 0 Å². The molecule has 300 valence electrons. The number of ether oxygens (including phenoxy) is 7. The molecule has 54 heavy (non-hydrogen) atoms. The number of carboxylic acid groups (broad SMARTS) is 1. The Kier molecular flexibility index (Phi) is 7.96. The lowest BCUT2D eigenvalue weighted by Crippen LogP contribution is -2.61. The molecule has 0 aromatic heterocycles. The van der Waals surface area contributed by atoms with Gasteiger partial charge in [0.05, 0.1) is 18.8 Å². The Morgan fingerprint density at radius 3 is 2.35 bits per heavy atom. The summed E-state index contributed by atoms with van der Waals surface area (Å²) in [4.78, 5) is 36.5. The normalized spacial score (nSPS) is 55.9. The molecule has 14 nitrogen and oxygen atoms in total. The van der Waals surface area contributed by atoms with Gasteiger partial charge in [0.2, 0.25) is 5.79 Å². The minimum atomic E-state index is -1.51. The molecule has 0 bridgehead atoms. The first-order chi connectivity index (χ1) is 25.2. The smallest absolute Gasteiger partial charge is 0.317 e. The predicted octanol–water partition coefficient (Wildman–Crippen LogP) is 2.97. The summed E-state index contributed by atoms with van der Waals surface area (Å²) in [6.07, 6.45) is -0.812. The molecule has 4 heterocycles. The average molecular weight is 761 g/mol. The van der Waals surface area contributed by atoms with E-state index in [1.165, 1.54) is 12.5 Å². The van der Waals surface area contributed by atoms with Crippen LogP contribution in [0.2, 0.25) is 0 Å². The van der Waals surface area contributed by atoms with Gasteiger partial charge in [-0.15, -0.1) is 0 Å². The largest absolute Gasteiger partial charge is 0.481 e. The average Bonchev–Trinajstić information content (AvgIpc) is 3.90. The Balaban J connectivity index is 1.02. The molecule has 3 spiro atoms. The summed E-state index contributed by atoms with van der Waals surface area (Å²) in [5, 5.41) is 41.0. The van der Waals surface area contributed by atoms with Gasteiger partial charge in [0.15, 0.2) is 18.7 Å². The van der Waals surface area contributed by atoms with Crippen LogP contribution >= 0.6 is 0 Å². The highest BCUT2D eigenvalue weighted by Crippen LogP contribution is 2.88. The second-order valence-electron chi connectivity index (χ2n) is 19.5. The molecule has 18 atom stereocenters. The van der Waals surface area contributed by atoms with E-state index in [2.05, 4.69) is 40.7 Å². The minimum absolute atomic E-state index is 0.0660. The maximum atomic E-state index is 12.9. The van der Waals surface area contributed by atoms with Gasteiger partial charge < -0.3 is 53.6 Å². The Morgan fingerprint density at radius 1 is 0.963 bits per heavy atom. The van der Waals surface area contributed by atoms with Crippen molar-refractivity contribution < 1.29 is 68.0 Å². The third kappa shape index (κ3) is 4.65. The number of carbonyl (C=O) groups is 3. The summed E-state index contributed by atoms with van der Waals surface area (Å²) >= 11 is 0. The maximum Gasteiger partial charge on any atom is 0.317 e. The molecule has 5 aliphatic carbocycles. The van der Waals surface area contributed by atoms with Crippen molar-refractivity contribution in [3.8, 4) is 0 Å². The molecule has 4 aliphatic heterocycles. The molecular formula is C40H56O14. The lowest BCUT2D eigenvalue weighted by Gasteiger charge is -2.62. The number of hydrogen-bond acceptors (Lipinski definition) is 13. The van der Waals surface area contributed by atoms with Crippen molar-refractivity contribution in [2.75, 3.05) is 6.61 Å². The Hall–Kier alpha value is -2.17. The van der Waals surface area contributed by atoms with Crippen molar-refractivity contribution in [3.63, 3.8) is 0 Å². The van der Waals surface area contributed by atoms with E-state index < -0.39 is 71.5 Å². The van der Waals surface area contributed by atoms with Gasteiger partial charge in [-0.25, -0.2) is 0 Å². The number of allylic oxidation sites excluding steroid dienone is 2. The lowest BCUT2D eigenvalue weighted by molar-refractivity contribution is -0.345. The number of rotatable bonds is 6. The molecule has 4 N–H and O–H groups in total. The topological polar surface area (TPSA) is 200 Å². The summed E-state index contributed by atoms with van der Waals surface area (Å²) < 4.78 is 43.4. The second kappa shape index (κ2) is 11.5. The summed E-state index contributed by atoms with van der Waals surface area (Å²) in [6.45, 7) is 14.4. The fourth-order valence-electron chi connectivity index (χ4n) is 14.2. The van der Waals surface area contributed by atoms with Crippen LogP contribution in [0.1, 0.15) is 99.8 Å². The minimum Gasteiger partial charge on any atom is -0.481 e. The van der Waals surface area contributed by atoms with Crippen LogP contribution in [0.15, 0.2) is 11.6 Å². The number of aliphatic carboxylic acids is 1. The van der Waals surface area contributed by atoms with E-state index in [1.54, 1.807) is 0 Å². The fourth-order valence-corrected chi connectivity index (χ4v) is 14.2. The highest BCUT2D eigenvalue weighted by Gasteiger charge is 2.85. The molecule has 0 radical (unpaired) electrons. The molecule has 14 heteroatoms. The van der Waals surface area contributed by atoms with E-state index in [-0.39, 0.29) is 71.0 Å². The van der Waals surface area contributed by atoms with Crippen LogP contribution in [0.3, 0.4) is 0 Å². The van der Waals surface area contributed by atoms with Gasteiger partial charge in [-0.3, -0.25) is 14.4 Å². The first-order valence-electron chi connectivity index (χ1n) is 19.8. The summed E-state index contributed by atoms with van der Waals surface area (Å²) in [7, 11) is 0. The SMILES string of the molecule is CC(=O)O[C@@H]1C[C@@]23C[C@@]24CC[C@H](O[C@@H]2OC[C@@H](O)[C@H](O)[C@H]2OC(=O)CC(=O)O)C(C)(C)[C@@H]4CC=C3[C@]2(C)C[C@@H]3O[C@]4(C[C@@H](C)[C@@H]3[C@@]12C)OC(O)[C@@]1(C)O[C@@H]41. The summed E-state index contributed by atoms with van der Waals surface area (Å²) in [6, 6.07) is 0. The van der Waals surface area contributed by atoms with E-state index in [0.29, 0.717) is 12.8 Å². The third-order valence-corrected chi connectivity index (χ3v) is 16.7. The monoisotopic (exact) mass is 760 g/mol. The standard InChI is InChI=1S/C40H56O14/c1-18-13-40(32-37(7,53-32)33(47)54-40)52-21-14-35(5)23-9-8-22-34(3,4)24(50-31-30(29(46)20(42)16-48-31)51-27(45)12-26(43)44)10-11-38(22)17-39(23,38)15-25(49-19(2)41)36(35,6)28(18)21/h9,18,20-22,24-25,28-33,42,46-47H,8,10-17H2,1-7H3,(H,43,44)/t18-,20-,21+,22+,24+,25-,28+,29+,30-,31+,32-,33?,35+,36-,37+,38-,39+,40-/m1/s1. The lowest BCUT2D eigenvalue weighted by atomic mass is 9.44. The zero-order chi connectivity index (χ0) is 38.8. The van der Waals surface area contributed by atoms with Gasteiger partial charge in [-0.2, -0.15) is 0 Å². The van der Waals surface area contributed by atoms with Gasteiger partial charge in [-0.1, -0.05) is 46.3 Å². The molecule has 4 saturated heterocycles. The van der Waals surface area contributed by atoms with Gasteiger partial charge in [0.1, 0.15) is 36.4 Å². The van der Waals surface area contributed by atoms with Crippen molar-refractivity contribution in [2.45, 2.75) is 167 Å². The highest BCUT2D eigenvalue weighted by atomic mass is 16.8. The fraction of sp³-hybridized carbons (Fsp3) is 0.875. The van der Waals surface area contributed by atoms with Gasteiger partial charge in [-0.05, 0) is 74.0 Å². The molecule has 0 aromatic carbocycles. The predicted molar refractivity (Wildman–Crippen MR) is 184 cm³/mol. The number of hydrogen-bond donors (Lipinski definition) is 4. The van der Waals surface area contributed by atoms with E-state index in [4.69, 9.17) is 38.3 Å². The third-order valence-electron chi connectivity index (χ3n) is 16.7. The van der Waals surface area contributed by atoms with Crippen LogP contribution in [0.4, 0.5) is 0 Å². The van der Waals surface area contributed by atoms with Crippen LogP contribution in [-0.2, 0) is 47.5 Å². The highest BCUT2D eigenvalue weighted by molar-refractivity contribution is 5.90. The van der Waals surface area contributed by atoms with E-state index >= 15 is 0 Å². The van der Waals surface area contributed by atoms with Crippen LogP contribution < -0.4 is 0 Å². The number of fused-ring (bicyclic) bond motifs is 6. The number of epoxide rings is 1. The zero-order valence-electron chi connectivity index (χ0n) is 32.2. The van der Waals surface area contributed by atoms with Gasteiger partial charge in [0.25, 0.3) is 0 Å². The van der Waals surface area contributed by atoms with Crippen LogP contribution in [0, 0.1) is 44.8 Å². The number of aliphatic hydroxyl groups is 3. The number of aliphatic hydroxyl groups excluding tert-OH is 3. The molecule has 0 amide bonds. The Bertz CT molecular complexity index is 1680. The number of carbonyl (C=O) groups excluding carboxylic acids is 2. The van der Waals surface area contributed by atoms with Gasteiger partial charge >= 0.3 is 17.9 Å². The van der Waals surface area contributed by atoms with Crippen molar-refractivity contribution in [3.05, 3.63) is 11.6 Å². The first-order valence-corrected chi connectivity index (χ1v) is 19.8. The molecule has 9 aliphatic rings. The summed E-state index contributed by atoms with van der Waals surface area (Å²) in [5.41, 5.74) is -0.743. The first kappa shape index (κ1) is 37.4. The Labute approximate surface area is 315 Å². The van der Waals surface area contributed by atoms with Crippen molar-refractivity contribution in [1.82, 2.24) is 0 Å². The quantitative estimate of drug-likeness (QED) is 0.133. The molecular weight excluding hydrogens is 704 g/mol. The zero-order valence-corrected chi connectivity index (χ0v) is 32.2. The van der Waals surface area contributed by atoms with Crippen LogP contribution in [-0.4, -0.2) is 112 Å². The van der Waals surface area contributed by atoms with Crippen molar-refractivity contribution in [1.29, 1.82) is 0 Å². The Morgan fingerprint density at radius 2 is 1.70 bits per heavy atom. The van der Waals surface area contributed by atoms with Crippen LogP contribution in [0.25, 0.3) is 0 Å². The number of esters is 2.